The summed E-state index contributed by atoms with van der Waals surface area (Å²) in [5.41, 5.74) is 4.31. The summed E-state index contributed by atoms with van der Waals surface area (Å²) in [6, 6.07) is 0. The van der Waals surface area contributed by atoms with Crippen LogP contribution in [0.2, 0.25) is 0 Å². The summed E-state index contributed by atoms with van der Waals surface area (Å²) in [4.78, 5) is 26.6. The van der Waals surface area contributed by atoms with Gasteiger partial charge in [-0.3, -0.25) is 4.79 Å². The molecule has 2 heterocycles. The molecule has 1 amide bonds. The maximum atomic E-state index is 11.1. The average molecular weight is 304 g/mol. The lowest BCUT2D eigenvalue weighted by Gasteiger charge is -2.23. The molecule has 1 N–H and O–H groups in total. The van der Waals surface area contributed by atoms with Crippen LogP contribution in [0.5, 0.6) is 5.88 Å². The Bertz CT molecular complexity index is 605. The van der Waals surface area contributed by atoms with Crippen LogP contribution in [0, 0.1) is 19.8 Å². The molecule has 0 spiro atoms. The fourth-order valence-corrected chi connectivity index (χ4v) is 3.07. The number of aromatic nitrogens is 1. The minimum absolute atomic E-state index is 0.0568. The first-order valence-electron chi connectivity index (χ1n) is 7.53. The minimum atomic E-state index is -0.157. The molecule has 0 bridgehead atoms. The van der Waals surface area contributed by atoms with Gasteiger partial charge in [0.05, 0.1) is 0 Å². The van der Waals surface area contributed by atoms with E-state index in [4.69, 9.17) is 9.47 Å². The average Bonchev–Trinajstić information content (AvgIpc) is 2.96. The van der Waals surface area contributed by atoms with Gasteiger partial charge in [-0.15, -0.1) is 0 Å². The molecular weight excluding hydrogens is 284 g/mol. The molecule has 2 atom stereocenters. The van der Waals surface area contributed by atoms with E-state index >= 15 is 0 Å². The van der Waals surface area contributed by atoms with Gasteiger partial charge in [-0.25, -0.2) is 4.98 Å². The number of carbonyl (C=O) groups excluding carboxylic acids is 2. The van der Waals surface area contributed by atoms with Gasteiger partial charge in [-0.1, -0.05) is 0 Å². The number of carbonyl (C=O) groups is 2. The van der Waals surface area contributed by atoms with Crippen molar-refractivity contribution in [2.75, 3.05) is 19.8 Å². The van der Waals surface area contributed by atoms with Crippen LogP contribution in [0.1, 0.15) is 22.4 Å². The van der Waals surface area contributed by atoms with Crippen LogP contribution in [0.3, 0.4) is 0 Å². The Kier molecular flexibility index (Phi) is 4.11. The van der Waals surface area contributed by atoms with Gasteiger partial charge in [0.15, 0.2) is 0 Å². The number of aldehydes is 1. The van der Waals surface area contributed by atoms with Gasteiger partial charge in [0.2, 0.25) is 11.8 Å². The van der Waals surface area contributed by atoms with Gasteiger partial charge in [-0.05, 0) is 37.8 Å². The lowest BCUT2D eigenvalue weighted by Crippen LogP contribution is -2.45. The highest BCUT2D eigenvalue weighted by atomic mass is 16.5. The number of ether oxygens (including phenoxy) is 2. The van der Waals surface area contributed by atoms with Gasteiger partial charge >= 0.3 is 0 Å². The molecule has 2 aliphatic rings. The minimum Gasteiger partial charge on any atom is -0.475 e. The monoisotopic (exact) mass is 304 g/mol. The molecule has 0 radical (unpaired) electrons. The first-order chi connectivity index (χ1) is 10.6. The molecule has 1 fully saturated rings. The predicted molar refractivity (Wildman–Crippen MR) is 78.9 cm³/mol. The Morgan fingerprint density at radius 1 is 1.36 bits per heavy atom. The molecule has 118 valence electrons. The first-order valence-corrected chi connectivity index (χ1v) is 7.53. The number of morpholine rings is 1. The Morgan fingerprint density at radius 2 is 2.14 bits per heavy atom. The van der Waals surface area contributed by atoms with Crippen LogP contribution < -0.4 is 10.1 Å². The molecule has 1 saturated heterocycles. The second-order valence-electron chi connectivity index (χ2n) is 5.94. The van der Waals surface area contributed by atoms with E-state index in [1.807, 2.05) is 13.8 Å². The molecule has 22 heavy (non-hydrogen) atoms. The van der Waals surface area contributed by atoms with E-state index in [0.717, 1.165) is 30.4 Å². The number of amides is 1. The molecule has 1 aliphatic carbocycles. The molecular formula is C16H20N2O4. The quantitative estimate of drug-likeness (QED) is 0.820. The Labute approximate surface area is 129 Å². The molecule has 6 nitrogen and oxygen atoms in total. The molecule has 0 aromatic carbocycles. The summed E-state index contributed by atoms with van der Waals surface area (Å²) in [5.74, 6) is 0.559. The fraction of sp³-hybridized carbons (Fsp3) is 0.562. The molecule has 1 aromatic rings. The zero-order valence-electron chi connectivity index (χ0n) is 12.8. The number of hydrogen-bond acceptors (Lipinski definition) is 5. The number of pyridine rings is 1. The summed E-state index contributed by atoms with van der Waals surface area (Å²) in [6.45, 7) is 4.82. The van der Waals surface area contributed by atoms with Gasteiger partial charge < -0.3 is 19.6 Å². The van der Waals surface area contributed by atoms with Crippen molar-refractivity contribution in [1.82, 2.24) is 10.3 Å². The smallest absolute Gasteiger partial charge is 0.246 e. The molecule has 1 aliphatic heterocycles. The Balaban J connectivity index is 1.71. The topological polar surface area (TPSA) is 77.5 Å². The molecule has 0 saturated carbocycles. The van der Waals surface area contributed by atoms with Crippen molar-refractivity contribution in [2.45, 2.75) is 32.8 Å². The normalized spacial score (nSPS) is 23.8. The molecule has 2 unspecified atom stereocenters. The lowest BCUT2D eigenvalue weighted by molar-refractivity contribution is -0.134. The maximum absolute atomic E-state index is 11.1. The van der Waals surface area contributed by atoms with Crippen molar-refractivity contribution in [3.8, 4) is 5.88 Å². The third-order valence-corrected chi connectivity index (χ3v) is 4.35. The van der Waals surface area contributed by atoms with E-state index in [9.17, 15) is 9.59 Å². The molecule has 1 aromatic heterocycles. The predicted octanol–water partition coefficient (Wildman–Crippen LogP) is 0.506. The zero-order chi connectivity index (χ0) is 15.7. The SMILES string of the molecule is Cc1nc(OCC2CNC(=O)CO2)c(C)c2c1CC(C=O)C2. The first kappa shape index (κ1) is 15.0. The number of hydrogen-bond donors (Lipinski definition) is 1. The summed E-state index contributed by atoms with van der Waals surface area (Å²) in [5, 5.41) is 2.75. The third kappa shape index (κ3) is 2.83. The zero-order valence-corrected chi connectivity index (χ0v) is 12.8. The van der Waals surface area contributed by atoms with Crippen molar-refractivity contribution in [1.29, 1.82) is 0 Å². The van der Waals surface area contributed by atoms with Crippen molar-refractivity contribution in [3.05, 3.63) is 22.4 Å². The van der Waals surface area contributed by atoms with Gasteiger partial charge in [0.1, 0.15) is 25.6 Å². The van der Waals surface area contributed by atoms with E-state index in [2.05, 4.69) is 10.3 Å². The van der Waals surface area contributed by atoms with E-state index in [0.29, 0.717) is 19.0 Å². The van der Waals surface area contributed by atoms with Crippen LogP contribution in [0.25, 0.3) is 0 Å². The van der Waals surface area contributed by atoms with Gasteiger partial charge in [0.25, 0.3) is 0 Å². The number of aryl methyl sites for hydroxylation is 1. The Hall–Kier alpha value is -1.95. The summed E-state index contributed by atoms with van der Waals surface area (Å²) >= 11 is 0. The second kappa shape index (κ2) is 6.04. The highest BCUT2D eigenvalue weighted by molar-refractivity contribution is 5.77. The van der Waals surface area contributed by atoms with Crippen molar-refractivity contribution < 1.29 is 19.1 Å². The highest BCUT2D eigenvalue weighted by Gasteiger charge is 2.27. The summed E-state index contributed by atoms with van der Waals surface area (Å²) < 4.78 is 11.2. The van der Waals surface area contributed by atoms with Crippen LogP contribution in [-0.2, 0) is 27.2 Å². The fourth-order valence-electron chi connectivity index (χ4n) is 3.07. The van der Waals surface area contributed by atoms with E-state index in [1.54, 1.807) is 0 Å². The summed E-state index contributed by atoms with van der Waals surface area (Å²) in [7, 11) is 0. The maximum Gasteiger partial charge on any atom is 0.246 e. The highest BCUT2D eigenvalue weighted by Crippen LogP contribution is 2.34. The van der Waals surface area contributed by atoms with Crippen LogP contribution in [0.4, 0.5) is 0 Å². The van der Waals surface area contributed by atoms with E-state index in [-0.39, 0.29) is 24.5 Å². The van der Waals surface area contributed by atoms with Crippen LogP contribution in [-0.4, -0.2) is 43.0 Å². The van der Waals surface area contributed by atoms with Gasteiger partial charge in [-0.2, -0.15) is 0 Å². The molecule has 3 rings (SSSR count). The van der Waals surface area contributed by atoms with Crippen LogP contribution in [0.15, 0.2) is 0 Å². The van der Waals surface area contributed by atoms with Gasteiger partial charge in [0, 0.05) is 23.7 Å². The van der Waals surface area contributed by atoms with Crippen molar-refractivity contribution >= 4 is 12.2 Å². The van der Waals surface area contributed by atoms with E-state index in [1.165, 1.54) is 11.1 Å². The second-order valence-corrected chi connectivity index (χ2v) is 5.94. The largest absolute Gasteiger partial charge is 0.475 e. The Morgan fingerprint density at radius 3 is 2.82 bits per heavy atom. The van der Waals surface area contributed by atoms with Crippen molar-refractivity contribution in [2.24, 2.45) is 5.92 Å². The number of nitrogens with zero attached hydrogens (tertiary/aromatic N) is 1. The van der Waals surface area contributed by atoms with Crippen LogP contribution >= 0.6 is 0 Å². The lowest BCUT2D eigenvalue weighted by atomic mass is 10.0. The van der Waals surface area contributed by atoms with E-state index < -0.39 is 0 Å². The molecule has 6 heteroatoms. The third-order valence-electron chi connectivity index (χ3n) is 4.35. The number of rotatable bonds is 4. The number of fused-ring (bicyclic) bond motifs is 1. The standard InChI is InChI=1S/C16H20N2O4/c1-9-13-3-11(6-19)4-14(13)10(2)18-16(9)22-7-12-5-17-15(20)8-21-12/h6,11-12H,3-5,7-8H2,1-2H3,(H,17,20). The summed E-state index contributed by atoms with van der Waals surface area (Å²) in [6.07, 6.45) is 2.41. The van der Waals surface area contributed by atoms with Crippen molar-refractivity contribution in [3.63, 3.8) is 0 Å². The number of nitrogens with one attached hydrogen (secondary N) is 1.